The third-order valence-electron chi connectivity index (χ3n) is 2.15. The number of rotatable bonds is 1. The first-order valence-corrected chi connectivity index (χ1v) is 5.05. The van der Waals surface area contributed by atoms with Gasteiger partial charge >= 0.3 is 0 Å². The zero-order valence-corrected chi connectivity index (χ0v) is 8.77. The Hall–Kier alpha value is -0.0500. The molecular weight excluding hydrogens is 237 g/mol. The fourth-order valence-electron chi connectivity index (χ4n) is 1.39. The second-order valence-corrected chi connectivity index (χ2v) is 4.56. The molecule has 2 N–H and O–H groups in total. The molecule has 0 saturated heterocycles. The van der Waals surface area contributed by atoms with E-state index in [-0.39, 0.29) is 0 Å². The van der Waals surface area contributed by atoms with Gasteiger partial charge in [0.1, 0.15) is 0 Å². The van der Waals surface area contributed by atoms with Crippen LogP contribution in [0.25, 0.3) is 0 Å². The van der Waals surface area contributed by atoms with Crippen molar-refractivity contribution in [1.29, 1.82) is 0 Å². The van der Waals surface area contributed by atoms with Gasteiger partial charge in [-0.3, -0.25) is 0 Å². The van der Waals surface area contributed by atoms with E-state index in [0.717, 1.165) is 15.9 Å². The Bertz CT molecular complexity index is 293. The van der Waals surface area contributed by atoms with Crippen molar-refractivity contribution in [3.63, 3.8) is 0 Å². The Morgan fingerprint density at radius 2 is 2.08 bits per heavy atom. The summed E-state index contributed by atoms with van der Waals surface area (Å²) in [5.41, 5.74) is 6.99. The van der Waals surface area contributed by atoms with Gasteiger partial charge in [0.25, 0.3) is 0 Å². The highest BCUT2D eigenvalue weighted by atomic mass is 79.9. The second kappa shape index (κ2) is 3.02. The van der Waals surface area contributed by atoms with Crippen LogP contribution in [0, 0.1) is 0 Å². The summed E-state index contributed by atoms with van der Waals surface area (Å²) in [4.78, 5) is 0. The van der Waals surface area contributed by atoms with Crippen LogP contribution in [0.4, 0.5) is 0 Å². The molecule has 0 heterocycles. The molecule has 1 saturated carbocycles. The maximum Gasteiger partial charge on any atom is 0.0420 e. The van der Waals surface area contributed by atoms with E-state index < -0.39 is 0 Å². The number of hydrogen-bond acceptors (Lipinski definition) is 1. The van der Waals surface area contributed by atoms with Crippen LogP contribution in [-0.2, 0) is 0 Å². The lowest BCUT2D eigenvalue weighted by Crippen LogP contribution is -2.00. The van der Waals surface area contributed by atoms with Crippen LogP contribution in [0.2, 0.25) is 5.02 Å². The number of nitrogens with two attached hydrogens (primary N) is 1. The summed E-state index contributed by atoms with van der Waals surface area (Å²) in [6.45, 7) is 0. The Labute approximate surface area is 85.0 Å². The molecule has 1 aromatic carbocycles. The molecular formula is C9H9BrClN. The summed E-state index contributed by atoms with van der Waals surface area (Å²) in [6.07, 6.45) is 1.09. The Morgan fingerprint density at radius 3 is 2.58 bits per heavy atom. The maximum atomic E-state index is 5.90. The molecule has 2 atom stereocenters. The lowest BCUT2D eigenvalue weighted by molar-refractivity contribution is 0.990. The third kappa shape index (κ3) is 1.65. The van der Waals surface area contributed by atoms with E-state index in [1.54, 1.807) is 0 Å². The zero-order chi connectivity index (χ0) is 8.72. The van der Waals surface area contributed by atoms with Crippen molar-refractivity contribution in [2.24, 2.45) is 5.73 Å². The minimum absolute atomic E-state index is 0.343. The molecule has 1 nitrogen and oxygen atoms in total. The van der Waals surface area contributed by atoms with Crippen molar-refractivity contribution in [3.05, 3.63) is 33.3 Å². The van der Waals surface area contributed by atoms with E-state index in [4.69, 9.17) is 17.3 Å². The predicted molar refractivity (Wildman–Crippen MR) is 54.5 cm³/mol. The molecule has 0 radical (unpaired) electrons. The highest BCUT2D eigenvalue weighted by Crippen LogP contribution is 2.40. The van der Waals surface area contributed by atoms with E-state index in [2.05, 4.69) is 22.0 Å². The van der Waals surface area contributed by atoms with Gasteiger partial charge in [-0.1, -0.05) is 27.5 Å². The van der Waals surface area contributed by atoms with Gasteiger partial charge in [-0.05, 0) is 30.2 Å². The molecule has 1 fully saturated rings. The molecule has 0 aliphatic heterocycles. The van der Waals surface area contributed by atoms with E-state index in [0.29, 0.717) is 12.0 Å². The predicted octanol–water partition coefficient (Wildman–Crippen LogP) is 2.92. The summed E-state index contributed by atoms with van der Waals surface area (Å²) in [6, 6.07) is 6.31. The zero-order valence-electron chi connectivity index (χ0n) is 6.43. The number of hydrogen-bond donors (Lipinski definition) is 1. The SMILES string of the molecule is NC1CC1c1cc(Cl)cc(Br)c1. The first kappa shape index (κ1) is 8.54. The largest absolute Gasteiger partial charge is 0.327 e. The van der Waals surface area contributed by atoms with Crippen LogP contribution >= 0.6 is 27.5 Å². The monoisotopic (exact) mass is 245 g/mol. The van der Waals surface area contributed by atoms with Gasteiger partial charge in [-0.25, -0.2) is 0 Å². The molecule has 64 valence electrons. The fraction of sp³-hybridized carbons (Fsp3) is 0.333. The second-order valence-electron chi connectivity index (χ2n) is 3.21. The van der Waals surface area contributed by atoms with E-state index in [1.807, 2.05) is 12.1 Å². The molecule has 0 amide bonds. The molecule has 1 aliphatic rings. The van der Waals surface area contributed by atoms with Crippen molar-refractivity contribution >= 4 is 27.5 Å². The molecule has 0 bridgehead atoms. The summed E-state index contributed by atoms with van der Waals surface area (Å²) in [5.74, 6) is 0.528. The van der Waals surface area contributed by atoms with Gasteiger partial charge in [0.2, 0.25) is 0 Å². The van der Waals surface area contributed by atoms with E-state index in [9.17, 15) is 0 Å². The van der Waals surface area contributed by atoms with Crippen LogP contribution in [0.15, 0.2) is 22.7 Å². The summed E-state index contributed by atoms with van der Waals surface area (Å²) >= 11 is 9.30. The van der Waals surface area contributed by atoms with Crippen LogP contribution in [0.5, 0.6) is 0 Å². The van der Waals surface area contributed by atoms with Gasteiger partial charge in [0, 0.05) is 21.5 Å². The van der Waals surface area contributed by atoms with Crippen LogP contribution in [0.3, 0.4) is 0 Å². The van der Waals surface area contributed by atoms with Gasteiger partial charge in [0.05, 0.1) is 0 Å². The molecule has 3 heteroatoms. The van der Waals surface area contributed by atoms with Crippen molar-refractivity contribution < 1.29 is 0 Å². The Kier molecular flexibility index (Phi) is 2.15. The molecule has 0 spiro atoms. The average molecular weight is 247 g/mol. The van der Waals surface area contributed by atoms with Gasteiger partial charge in [-0.2, -0.15) is 0 Å². The van der Waals surface area contributed by atoms with Gasteiger partial charge in [-0.15, -0.1) is 0 Å². The number of benzene rings is 1. The summed E-state index contributed by atoms with van der Waals surface area (Å²) in [7, 11) is 0. The molecule has 2 rings (SSSR count). The van der Waals surface area contributed by atoms with Crippen molar-refractivity contribution in [2.75, 3.05) is 0 Å². The standard InChI is InChI=1S/C9H9BrClN/c10-6-1-5(2-7(11)3-6)8-4-9(8)12/h1-3,8-9H,4,12H2. The molecule has 1 aromatic rings. The third-order valence-corrected chi connectivity index (χ3v) is 2.83. The van der Waals surface area contributed by atoms with Gasteiger partial charge < -0.3 is 5.73 Å². The minimum atomic E-state index is 0.343. The smallest absolute Gasteiger partial charge is 0.0420 e. The molecule has 12 heavy (non-hydrogen) atoms. The normalized spacial score (nSPS) is 27.2. The van der Waals surface area contributed by atoms with Crippen LogP contribution in [-0.4, -0.2) is 6.04 Å². The quantitative estimate of drug-likeness (QED) is 0.810. The van der Waals surface area contributed by atoms with Crippen molar-refractivity contribution in [1.82, 2.24) is 0 Å². The lowest BCUT2D eigenvalue weighted by atomic mass is 10.1. The van der Waals surface area contributed by atoms with Crippen molar-refractivity contribution in [3.8, 4) is 0 Å². The summed E-state index contributed by atoms with van der Waals surface area (Å²) in [5, 5.41) is 0.776. The first-order valence-electron chi connectivity index (χ1n) is 3.88. The van der Waals surface area contributed by atoms with Crippen molar-refractivity contribution in [2.45, 2.75) is 18.4 Å². The van der Waals surface area contributed by atoms with Crippen LogP contribution < -0.4 is 5.73 Å². The molecule has 0 aromatic heterocycles. The Balaban J connectivity index is 2.32. The highest BCUT2D eigenvalue weighted by Gasteiger charge is 2.34. The highest BCUT2D eigenvalue weighted by molar-refractivity contribution is 9.10. The van der Waals surface area contributed by atoms with E-state index >= 15 is 0 Å². The fourth-order valence-corrected chi connectivity index (χ4v) is 2.27. The first-order chi connectivity index (χ1) is 5.66. The van der Waals surface area contributed by atoms with E-state index in [1.165, 1.54) is 5.56 Å². The topological polar surface area (TPSA) is 26.0 Å². The minimum Gasteiger partial charge on any atom is -0.327 e. The van der Waals surface area contributed by atoms with Gasteiger partial charge in [0.15, 0.2) is 0 Å². The molecule has 2 unspecified atom stereocenters. The average Bonchev–Trinajstić information content (AvgIpc) is 2.64. The lowest BCUT2D eigenvalue weighted by Gasteiger charge is -2.00. The molecule has 1 aliphatic carbocycles. The summed E-state index contributed by atoms with van der Waals surface area (Å²) < 4.78 is 1.03. The maximum absolute atomic E-state index is 5.90. The number of halogens is 2. The van der Waals surface area contributed by atoms with Crippen LogP contribution in [0.1, 0.15) is 17.9 Å². The Morgan fingerprint density at radius 1 is 1.42 bits per heavy atom.